The van der Waals surface area contributed by atoms with Crippen LogP contribution in [0.25, 0.3) is 0 Å². The molecule has 0 bridgehead atoms. The molecule has 0 atom stereocenters. The third-order valence-corrected chi connectivity index (χ3v) is 4.41. The number of rotatable bonds is 3. The number of anilines is 1. The summed E-state index contributed by atoms with van der Waals surface area (Å²) in [5.41, 5.74) is 10.8. The molecule has 0 spiro atoms. The lowest BCUT2D eigenvalue weighted by atomic mass is 9.88. The van der Waals surface area contributed by atoms with Crippen LogP contribution in [0.1, 0.15) is 41.1 Å². The van der Waals surface area contributed by atoms with Gasteiger partial charge in [-0.2, -0.15) is 0 Å². The van der Waals surface area contributed by atoms with Gasteiger partial charge in [-0.05, 0) is 51.3 Å². The molecule has 1 aromatic heterocycles. The highest BCUT2D eigenvalue weighted by atomic mass is 15.1. The maximum absolute atomic E-state index is 5.58. The Balaban J connectivity index is 1.59. The molecular formula is C18H24N4. The second-order valence-electron chi connectivity index (χ2n) is 6.40. The van der Waals surface area contributed by atoms with Gasteiger partial charge in [-0.15, -0.1) is 0 Å². The largest absolute Gasteiger partial charge is 0.382 e. The average Bonchev–Trinajstić information content (AvgIpc) is 2.49. The van der Waals surface area contributed by atoms with E-state index in [1.54, 1.807) is 12.4 Å². The van der Waals surface area contributed by atoms with Crippen LogP contribution in [0.5, 0.6) is 0 Å². The topological polar surface area (TPSA) is 55.0 Å². The molecule has 0 radical (unpaired) electrons. The summed E-state index contributed by atoms with van der Waals surface area (Å²) in [6, 6.07) is 6.94. The summed E-state index contributed by atoms with van der Waals surface area (Å²) in [5, 5.41) is 0. The molecule has 4 nitrogen and oxygen atoms in total. The highest BCUT2D eigenvalue weighted by molar-refractivity contribution is 5.31. The lowest BCUT2D eigenvalue weighted by molar-refractivity contribution is 0.202. The normalized spacial score (nSPS) is 16.8. The van der Waals surface area contributed by atoms with Crippen LogP contribution in [0.3, 0.4) is 0 Å². The van der Waals surface area contributed by atoms with Crippen molar-refractivity contribution in [2.24, 2.45) is 0 Å². The average molecular weight is 296 g/mol. The summed E-state index contributed by atoms with van der Waals surface area (Å²) in [6.45, 7) is 7.47. The Bertz CT molecular complexity index is 608. The van der Waals surface area contributed by atoms with Crippen molar-refractivity contribution in [1.29, 1.82) is 0 Å². The Hall–Kier alpha value is -1.94. The quantitative estimate of drug-likeness (QED) is 0.946. The zero-order valence-corrected chi connectivity index (χ0v) is 13.4. The molecule has 116 valence electrons. The number of nitrogens with two attached hydrogens (primary N) is 1. The van der Waals surface area contributed by atoms with Crippen LogP contribution in [0, 0.1) is 13.8 Å². The summed E-state index contributed by atoms with van der Waals surface area (Å²) >= 11 is 0. The van der Waals surface area contributed by atoms with Crippen molar-refractivity contribution in [3.63, 3.8) is 0 Å². The molecule has 3 rings (SSSR count). The van der Waals surface area contributed by atoms with Crippen molar-refractivity contribution in [2.75, 3.05) is 18.8 Å². The van der Waals surface area contributed by atoms with Gasteiger partial charge >= 0.3 is 0 Å². The van der Waals surface area contributed by atoms with Gasteiger partial charge in [-0.1, -0.05) is 29.3 Å². The van der Waals surface area contributed by atoms with Gasteiger partial charge in [0, 0.05) is 6.54 Å². The highest BCUT2D eigenvalue weighted by Gasteiger charge is 2.21. The predicted octanol–water partition coefficient (Wildman–Crippen LogP) is 3.06. The summed E-state index contributed by atoms with van der Waals surface area (Å²) in [5.74, 6) is 1.17. The smallest absolute Gasteiger partial charge is 0.141 e. The molecule has 1 aromatic carbocycles. The summed E-state index contributed by atoms with van der Waals surface area (Å²) in [4.78, 5) is 10.9. The summed E-state index contributed by atoms with van der Waals surface area (Å²) in [7, 11) is 0. The molecule has 0 amide bonds. The second kappa shape index (κ2) is 6.44. The second-order valence-corrected chi connectivity index (χ2v) is 6.40. The zero-order chi connectivity index (χ0) is 15.5. The van der Waals surface area contributed by atoms with Gasteiger partial charge in [0.2, 0.25) is 0 Å². The van der Waals surface area contributed by atoms with Crippen LogP contribution in [0.4, 0.5) is 5.82 Å². The molecule has 22 heavy (non-hydrogen) atoms. The van der Waals surface area contributed by atoms with E-state index in [2.05, 4.69) is 46.9 Å². The van der Waals surface area contributed by atoms with Crippen LogP contribution in [-0.4, -0.2) is 28.0 Å². The maximum atomic E-state index is 5.58. The molecule has 1 aliphatic rings. The third-order valence-electron chi connectivity index (χ3n) is 4.41. The first-order chi connectivity index (χ1) is 10.6. The van der Waals surface area contributed by atoms with E-state index >= 15 is 0 Å². The number of piperidine rings is 1. The number of benzene rings is 1. The number of aryl methyl sites for hydroxylation is 2. The minimum Gasteiger partial charge on any atom is -0.382 e. The van der Waals surface area contributed by atoms with Crippen LogP contribution in [-0.2, 0) is 6.54 Å². The van der Waals surface area contributed by atoms with E-state index in [0.29, 0.717) is 11.7 Å². The monoisotopic (exact) mass is 296 g/mol. The number of nitrogens with zero attached hydrogens (tertiary/aromatic N) is 3. The number of likely N-dealkylation sites (tertiary alicyclic amines) is 1. The standard InChI is InChI=1S/C18H24N4/c1-13-7-14(2)9-16(8-13)15-3-5-22(6-4-15)12-17-10-21-18(19)11-20-17/h7-11,15H,3-6,12H2,1-2H3,(H2,19,21). The van der Waals surface area contributed by atoms with Crippen molar-refractivity contribution in [3.8, 4) is 0 Å². The molecule has 4 heteroatoms. The molecule has 2 aromatic rings. The van der Waals surface area contributed by atoms with E-state index in [1.807, 2.05) is 0 Å². The number of hydrogen-bond acceptors (Lipinski definition) is 4. The summed E-state index contributed by atoms with van der Waals surface area (Å²) < 4.78 is 0. The highest BCUT2D eigenvalue weighted by Crippen LogP contribution is 2.29. The first-order valence-electron chi connectivity index (χ1n) is 7.97. The van der Waals surface area contributed by atoms with E-state index in [1.165, 1.54) is 29.5 Å². The van der Waals surface area contributed by atoms with Crippen LogP contribution < -0.4 is 5.73 Å². The minimum atomic E-state index is 0.484. The molecule has 0 aliphatic carbocycles. The maximum Gasteiger partial charge on any atom is 0.141 e. The molecule has 2 heterocycles. The van der Waals surface area contributed by atoms with Crippen molar-refractivity contribution in [2.45, 2.75) is 39.2 Å². The van der Waals surface area contributed by atoms with Crippen molar-refractivity contribution >= 4 is 5.82 Å². The molecule has 2 N–H and O–H groups in total. The zero-order valence-electron chi connectivity index (χ0n) is 13.4. The third kappa shape index (κ3) is 3.63. The van der Waals surface area contributed by atoms with Gasteiger partial charge in [-0.3, -0.25) is 9.88 Å². The van der Waals surface area contributed by atoms with Crippen molar-refractivity contribution < 1.29 is 0 Å². The van der Waals surface area contributed by atoms with E-state index in [-0.39, 0.29) is 0 Å². The molecule has 1 fully saturated rings. The Morgan fingerprint density at radius 2 is 1.73 bits per heavy atom. The van der Waals surface area contributed by atoms with E-state index in [4.69, 9.17) is 5.73 Å². The van der Waals surface area contributed by atoms with Gasteiger partial charge in [0.15, 0.2) is 0 Å². The minimum absolute atomic E-state index is 0.484. The van der Waals surface area contributed by atoms with E-state index in [9.17, 15) is 0 Å². The molecular weight excluding hydrogens is 272 g/mol. The number of hydrogen-bond donors (Lipinski definition) is 1. The summed E-state index contributed by atoms with van der Waals surface area (Å²) in [6.07, 6.45) is 5.85. The van der Waals surface area contributed by atoms with Crippen LogP contribution in [0.15, 0.2) is 30.6 Å². The van der Waals surface area contributed by atoms with Gasteiger partial charge in [0.25, 0.3) is 0 Å². The first kappa shape index (κ1) is 15.0. The lowest BCUT2D eigenvalue weighted by Gasteiger charge is -2.32. The first-order valence-corrected chi connectivity index (χ1v) is 7.97. The molecule has 1 aliphatic heterocycles. The van der Waals surface area contributed by atoms with Gasteiger partial charge in [-0.25, -0.2) is 4.98 Å². The van der Waals surface area contributed by atoms with E-state index in [0.717, 1.165) is 25.3 Å². The van der Waals surface area contributed by atoms with Crippen LogP contribution >= 0.6 is 0 Å². The number of aromatic nitrogens is 2. The van der Waals surface area contributed by atoms with Gasteiger partial charge in [0.1, 0.15) is 5.82 Å². The van der Waals surface area contributed by atoms with Crippen molar-refractivity contribution in [3.05, 3.63) is 53.0 Å². The Morgan fingerprint density at radius 3 is 2.32 bits per heavy atom. The molecule has 0 unspecified atom stereocenters. The van der Waals surface area contributed by atoms with Crippen LogP contribution in [0.2, 0.25) is 0 Å². The molecule has 1 saturated heterocycles. The molecule has 0 saturated carbocycles. The fourth-order valence-electron chi connectivity index (χ4n) is 3.35. The van der Waals surface area contributed by atoms with Crippen molar-refractivity contribution in [1.82, 2.24) is 14.9 Å². The Kier molecular flexibility index (Phi) is 4.39. The fraction of sp³-hybridized carbons (Fsp3) is 0.444. The SMILES string of the molecule is Cc1cc(C)cc(C2CCN(Cc3cnc(N)cn3)CC2)c1. The van der Waals surface area contributed by atoms with Gasteiger partial charge in [0.05, 0.1) is 18.1 Å². The predicted molar refractivity (Wildman–Crippen MR) is 89.6 cm³/mol. The lowest BCUT2D eigenvalue weighted by Crippen LogP contribution is -2.32. The number of nitrogen functional groups attached to an aromatic ring is 1. The van der Waals surface area contributed by atoms with Gasteiger partial charge < -0.3 is 5.73 Å². The fourth-order valence-corrected chi connectivity index (χ4v) is 3.35. The van der Waals surface area contributed by atoms with E-state index < -0.39 is 0 Å². The Labute approximate surface area is 132 Å². The Morgan fingerprint density at radius 1 is 1.05 bits per heavy atom.